The molecule has 0 radical (unpaired) electrons. The van der Waals surface area contributed by atoms with E-state index in [9.17, 15) is 10.2 Å². The zero-order valence-corrected chi connectivity index (χ0v) is 14.3. The highest BCUT2D eigenvalue weighted by molar-refractivity contribution is 5.58. The molecule has 2 aromatic carbocycles. The van der Waals surface area contributed by atoms with Crippen LogP contribution in [0.15, 0.2) is 48.7 Å². The molecule has 0 saturated heterocycles. The zero-order chi connectivity index (χ0) is 18.1. The molecule has 0 fully saturated rings. The SMILES string of the molecule is Nc1ccc(-c2ncc3c(n2)CCN(Cc2cccc(O)c2O)C3)cc1. The predicted octanol–water partition coefficient (Wildman–Crippen LogP) is 2.70. The van der Waals surface area contributed by atoms with Crippen LogP contribution in [-0.4, -0.2) is 31.6 Å². The lowest BCUT2D eigenvalue weighted by atomic mass is 10.1. The van der Waals surface area contributed by atoms with Gasteiger partial charge in [0.15, 0.2) is 17.3 Å². The monoisotopic (exact) mass is 348 g/mol. The third kappa shape index (κ3) is 3.19. The van der Waals surface area contributed by atoms with Crippen molar-refractivity contribution >= 4 is 5.69 Å². The summed E-state index contributed by atoms with van der Waals surface area (Å²) in [6.07, 6.45) is 2.70. The third-order valence-corrected chi connectivity index (χ3v) is 4.67. The normalized spacial score (nSPS) is 14.2. The van der Waals surface area contributed by atoms with Gasteiger partial charge in [-0.15, -0.1) is 0 Å². The van der Waals surface area contributed by atoms with Crippen LogP contribution < -0.4 is 5.73 Å². The fourth-order valence-corrected chi connectivity index (χ4v) is 3.23. The van der Waals surface area contributed by atoms with Crippen molar-refractivity contribution in [3.8, 4) is 22.9 Å². The van der Waals surface area contributed by atoms with Gasteiger partial charge in [0, 0.05) is 54.6 Å². The Kier molecular flexibility index (Phi) is 4.18. The Balaban J connectivity index is 1.52. The van der Waals surface area contributed by atoms with Crippen molar-refractivity contribution in [3.63, 3.8) is 0 Å². The van der Waals surface area contributed by atoms with Crippen molar-refractivity contribution in [2.45, 2.75) is 19.5 Å². The van der Waals surface area contributed by atoms with Gasteiger partial charge >= 0.3 is 0 Å². The number of rotatable bonds is 3. The van der Waals surface area contributed by atoms with Gasteiger partial charge in [0.2, 0.25) is 0 Å². The second-order valence-electron chi connectivity index (χ2n) is 6.53. The van der Waals surface area contributed by atoms with Crippen molar-refractivity contribution in [2.75, 3.05) is 12.3 Å². The van der Waals surface area contributed by atoms with Crippen molar-refractivity contribution in [3.05, 3.63) is 65.5 Å². The van der Waals surface area contributed by atoms with Gasteiger partial charge in [0.25, 0.3) is 0 Å². The van der Waals surface area contributed by atoms with E-state index in [4.69, 9.17) is 10.7 Å². The number of anilines is 1. The van der Waals surface area contributed by atoms with Crippen LogP contribution in [0.1, 0.15) is 16.8 Å². The van der Waals surface area contributed by atoms with Gasteiger partial charge in [-0.25, -0.2) is 9.97 Å². The first-order chi connectivity index (χ1) is 12.6. The average Bonchev–Trinajstić information content (AvgIpc) is 2.66. The summed E-state index contributed by atoms with van der Waals surface area (Å²) in [6.45, 7) is 2.12. The molecule has 6 heteroatoms. The molecule has 0 saturated carbocycles. The van der Waals surface area contributed by atoms with Gasteiger partial charge in [0.05, 0.1) is 5.69 Å². The minimum Gasteiger partial charge on any atom is -0.504 e. The van der Waals surface area contributed by atoms with Crippen molar-refractivity contribution < 1.29 is 10.2 Å². The summed E-state index contributed by atoms with van der Waals surface area (Å²) in [6, 6.07) is 12.6. The lowest BCUT2D eigenvalue weighted by molar-refractivity contribution is 0.239. The first kappa shape index (κ1) is 16.4. The van der Waals surface area contributed by atoms with E-state index in [1.165, 1.54) is 6.07 Å². The van der Waals surface area contributed by atoms with Crippen molar-refractivity contribution in [1.29, 1.82) is 0 Å². The van der Waals surface area contributed by atoms with Gasteiger partial charge in [0.1, 0.15) is 0 Å². The van der Waals surface area contributed by atoms with E-state index in [0.717, 1.165) is 35.5 Å². The fourth-order valence-electron chi connectivity index (χ4n) is 3.23. The van der Waals surface area contributed by atoms with Crippen molar-refractivity contribution in [1.82, 2.24) is 14.9 Å². The summed E-state index contributed by atoms with van der Waals surface area (Å²) in [4.78, 5) is 11.4. The maximum Gasteiger partial charge on any atom is 0.161 e. The molecule has 1 aliphatic heterocycles. The number of aromatic nitrogens is 2. The summed E-state index contributed by atoms with van der Waals surface area (Å²) in [7, 11) is 0. The van der Waals surface area contributed by atoms with Crippen LogP contribution in [0.4, 0.5) is 5.69 Å². The number of para-hydroxylation sites is 1. The molecule has 0 spiro atoms. The molecule has 0 unspecified atom stereocenters. The van der Waals surface area contributed by atoms with Crippen LogP contribution in [0.3, 0.4) is 0 Å². The maximum atomic E-state index is 10.00. The second-order valence-corrected chi connectivity index (χ2v) is 6.53. The highest BCUT2D eigenvalue weighted by Crippen LogP contribution is 2.30. The molecule has 0 amide bonds. The number of nitrogens with two attached hydrogens (primary N) is 1. The first-order valence-electron chi connectivity index (χ1n) is 8.53. The van der Waals surface area contributed by atoms with E-state index in [0.29, 0.717) is 24.5 Å². The highest BCUT2D eigenvalue weighted by atomic mass is 16.3. The predicted molar refractivity (Wildman–Crippen MR) is 99.5 cm³/mol. The largest absolute Gasteiger partial charge is 0.504 e. The Labute approximate surface area is 151 Å². The van der Waals surface area contributed by atoms with E-state index >= 15 is 0 Å². The molecule has 6 nitrogen and oxygen atoms in total. The first-order valence-corrected chi connectivity index (χ1v) is 8.53. The smallest absolute Gasteiger partial charge is 0.161 e. The van der Waals surface area contributed by atoms with Crippen LogP contribution in [-0.2, 0) is 19.5 Å². The Hall–Kier alpha value is -3.12. The third-order valence-electron chi connectivity index (χ3n) is 4.67. The molecule has 3 aromatic rings. The Bertz CT molecular complexity index is 941. The van der Waals surface area contributed by atoms with Crippen LogP contribution >= 0.6 is 0 Å². The average molecular weight is 348 g/mol. The van der Waals surface area contributed by atoms with Crippen LogP contribution in [0.5, 0.6) is 11.5 Å². The zero-order valence-electron chi connectivity index (χ0n) is 14.3. The quantitative estimate of drug-likeness (QED) is 0.497. The number of hydrogen-bond donors (Lipinski definition) is 3. The second kappa shape index (κ2) is 6.65. The molecule has 132 valence electrons. The molecule has 1 aromatic heterocycles. The Morgan fingerprint density at radius 3 is 2.69 bits per heavy atom. The summed E-state index contributed by atoms with van der Waals surface area (Å²) in [5, 5.41) is 19.6. The molecule has 0 bridgehead atoms. The number of benzene rings is 2. The van der Waals surface area contributed by atoms with E-state index in [2.05, 4.69) is 9.88 Å². The Morgan fingerprint density at radius 2 is 1.88 bits per heavy atom. The van der Waals surface area contributed by atoms with Crippen molar-refractivity contribution in [2.24, 2.45) is 0 Å². The van der Waals surface area contributed by atoms with Gasteiger partial charge in [-0.3, -0.25) is 4.90 Å². The summed E-state index contributed by atoms with van der Waals surface area (Å²) in [5.74, 6) is 0.576. The molecular formula is C20H20N4O2. The molecule has 4 N–H and O–H groups in total. The topological polar surface area (TPSA) is 95.5 Å². The lowest BCUT2D eigenvalue weighted by Gasteiger charge is -2.28. The minimum atomic E-state index is -0.0867. The number of fused-ring (bicyclic) bond motifs is 1. The standard InChI is InChI=1S/C20H20N4O2/c21-16-6-4-13(5-7-16)20-22-10-15-12-24(9-8-17(15)23-20)11-14-2-1-3-18(25)19(14)26/h1-7,10,25-26H,8-9,11-12,21H2. The van der Waals surface area contributed by atoms with Crippen LogP contribution in [0.2, 0.25) is 0 Å². The van der Waals surface area contributed by atoms with Gasteiger partial charge in [-0.1, -0.05) is 12.1 Å². The highest BCUT2D eigenvalue weighted by Gasteiger charge is 2.20. The molecule has 4 rings (SSSR count). The number of phenols is 2. The Morgan fingerprint density at radius 1 is 1.08 bits per heavy atom. The van der Waals surface area contributed by atoms with Crippen LogP contribution in [0.25, 0.3) is 11.4 Å². The number of nitrogens with zero attached hydrogens (tertiary/aromatic N) is 3. The summed E-state index contributed by atoms with van der Waals surface area (Å²) >= 11 is 0. The molecule has 0 aliphatic carbocycles. The van der Waals surface area contributed by atoms with E-state index in [1.807, 2.05) is 36.5 Å². The summed E-state index contributed by atoms with van der Waals surface area (Å²) in [5.41, 5.74) is 10.3. The number of phenolic OH excluding ortho intramolecular Hbond substituents is 2. The molecular weight excluding hydrogens is 328 g/mol. The number of aromatic hydroxyl groups is 2. The van der Waals surface area contributed by atoms with E-state index in [1.54, 1.807) is 6.07 Å². The summed E-state index contributed by atoms with van der Waals surface area (Å²) < 4.78 is 0. The molecule has 26 heavy (non-hydrogen) atoms. The lowest BCUT2D eigenvalue weighted by Crippen LogP contribution is -2.31. The van der Waals surface area contributed by atoms with Gasteiger partial charge < -0.3 is 15.9 Å². The fraction of sp³-hybridized carbons (Fsp3) is 0.200. The van der Waals surface area contributed by atoms with Crippen LogP contribution in [0, 0.1) is 0 Å². The van der Waals surface area contributed by atoms with Gasteiger partial charge in [-0.05, 0) is 30.3 Å². The van der Waals surface area contributed by atoms with Gasteiger partial charge in [-0.2, -0.15) is 0 Å². The van der Waals surface area contributed by atoms with E-state index < -0.39 is 0 Å². The molecule has 1 aliphatic rings. The minimum absolute atomic E-state index is 0.0479. The molecule has 0 atom stereocenters. The molecule has 2 heterocycles. The van der Waals surface area contributed by atoms with E-state index in [-0.39, 0.29) is 11.5 Å². The maximum absolute atomic E-state index is 10.00. The number of hydrogen-bond acceptors (Lipinski definition) is 6. The number of nitrogen functional groups attached to an aromatic ring is 1.